The lowest BCUT2D eigenvalue weighted by Gasteiger charge is -2.17. The van der Waals surface area contributed by atoms with Crippen molar-refractivity contribution in [3.8, 4) is 34.1 Å². The van der Waals surface area contributed by atoms with Crippen molar-refractivity contribution in [1.82, 2.24) is 0 Å². The molecule has 4 N–H and O–H groups in total. The molecule has 0 amide bonds. The summed E-state index contributed by atoms with van der Waals surface area (Å²) >= 11 is 0. The Hall–Kier alpha value is -3.92. The van der Waals surface area contributed by atoms with Crippen LogP contribution in [0.2, 0.25) is 0 Å². The van der Waals surface area contributed by atoms with E-state index in [1.807, 2.05) is 50.2 Å². The van der Waals surface area contributed by atoms with Crippen LogP contribution in [0.3, 0.4) is 0 Å². The summed E-state index contributed by atoms with van der Waals surface area (Å²) in [7, 11) is 0. The molecule has 34 heavy (non-hydrogen) atoms. The molecule has 0 aliphatic carbocycles. The Morgan fingerprint density at radius 1 is 0.441 bits per heavy atom. The Morgan fingerprint density at radius 2 is 0.765 bits per heavy atom. The first-order valence-electron chi connectivity index (χ1n) is 11.4. The largest absolute Gasteiger partial charge is 0.457 e. The van der Waals surface area contributed by atoms with Crippen LogP contribution in [-0.4, -0.2) is 0 Å². The monoisotopic (exact) mass is 452 g/mol. The van der Waals surface area contributed by atoms with Gasteiger partial charge in [-0.15, -0.1) is 0 Å². The summed E-state index contributed by atoms with van der Waals surface area (Å²) in [6, 6.07) is 20.2. The van der Waals surface area contributed by atoms with Crippen LogP contribution < -0.4 is 20.9 Å². The van der Waals surface area contributed by atoms with Crippen molar-refractivity contribution in [2.24, 2.45) is 0 Å². The van der Waals surface area contributed by atoms with Crippen molar-refractivity contribution in [1.29, 1.82) is 0 Å². The summed E-state index contributed by atoms with van der Waals surface area (Å²) in [6.45, 7) is 12.3. The molecule has 0 atom stereocenters. The van der Waals surface area contributed by atoms with Gasteiger partial charge in [0.1, 0.15) is 23.0 Å². The summed E-state index contributed by atoms with van der Waals surface area (Å²) in [4.78, 5) is 0. The van der Waals surface area contributed by atoms with Crippen molar-refractivity contribution in [2.75, 3.05) is 11.5 Å². The van der Waals surface area contributed by atoms with Crippen LogP contribution in [0.4, 0.5) is 11.4 Å². The van der Waals surface area contributed by atoms with Crippen LogP contribution in [0.1, 0.15) is 33.4 Å². The highest BCUT2D eigenvalue weighted by Gasteiger charge is 2.13. The standard InChI is InChI=1S/C30H32N2O2/c1-17-15-25(7-9-27(17)31)33-29-19(3)11-23(12-20(29)4)24-13-21(5)30(22(6)14-24)34-26-8-10-28(32)18(2)16-26/h7-16H,31-32H2,1-6H3. The molecule has 4 nitrogen and oxygen atoms in total. The number of anilines is 2. The van der Waals surface area contributed by atoms with Crippen molar-refractivity contribution in [2.45, 2.75) is 41.5 Å². The number of nitrogens with two attached hydrogens (primary N) is 2. The second-order valence-electron chi connectivity index (χ2n) is 9.12. The highest BCUT2D eigenvalue weighted by molar-refractivity contribution is 5.71. The van der Waals surface area contributed by atoms with Crippen molar-refractivity contribution in [3.63, 3.8) is 0 Å². The highest BCUT2D eigenvalue weighted by Crippen LogP contribution is 2.37. The summed E-state index contributed by atoms with van der Waals surface area (Å²) in [6.07, 6.45) is 0. The topological polar surface area (TPSA) is 70.5 Å². The average molecular weight is 453 g/mol. The SMILES string of the molecule is Cc1cc(Oc2c(C)cc(-c3cc(C)c(Oc4ccc(N)c(C)c4)c(C)c3)cc2C)ccc1N. The summed E-state index contributed by atoms with van der Waals surface area (Å²) < 4.78 is 12.5. The van der Waals surface area contributed by atoms with Gasteiger partial charge in [-0.2, -0.15) is 0 Å². The maximum atomic E-state index is 6.23. The van der Waals surface area contributed by atoms with E-state index in [1.165, 1.54) is 0 Å². The van der Waals surface area contributed by atoms with E-state index in [-0.39, 0.29) is 0 Å². The Bertz CT molecular complexity index is 1240. The first-order valence-corrected chi connectivity index (χ1v) is 11.4. The van der Waals surface area contributed by atoms with Crippen LogP contribution >= 0.6 is 0 Å². The van der Waals surface area contributed by atoms with Gasteiger partial charge in [-0.3, -0.25) is 0 Å². The molecule has 0 spiro atoms. The molecule has 0 heterocycles. The third-order valence-electron chi connectivity index (χ3n) is 6.18. The van der Waals surface area contributed by atoms with E-state index < -0.39 is 0 Å². The number of nitrogen functional groups attached to an aromatic ring is 2. The van der Waals surface area contributed by atoms with E-state index in [0.717, 1.165) is 78.9 Å². The van der Waals surface area contributed by atoms with Crippen molar-refractivity contribution in [3.05, 3.63) is 94.0 Å². The summed E-state index contributed by atoms with van der Waals surface area (Å²) in [5.74, 6) is 3.33. The lowest BCUT2D eigenvalue weighted by Crippen LogP contribution is -1.96. The van der Waals surface area contributed by atoms with Gasteiger partial charge in [0.15, 0.2) is 0 Å². The zero-order chi connectivity index (χ0) is 24.6. The maximum Gasteiger partial charge on any atom is 0.133 e. The van der Waals surface area contributed by atoms with Crippen LogP contribution in [0.25, 0.3) is 11.1 Å². The van der Waals surface area contributed by atoms with E-state index >= 15 is 0 Å². The minimum atomic E-state index is 0.765. The molecule has 0 aliphatic rings. The minimum absolute atomic E-state index is 0.765. The van der Waals surface area contributed by atoms with E-state index in [1.54, 1.807) is 0 Å². The van der Waals surface area contributed by atoms with Gasteiger partial charge in [-0.25, -0.2) is 0 Å². The molecule has 0 aliphatic heterocycles. The second-order valence-corrected chi connectivity index (χ2v) is 9.12. The summed E-state index contributed by atoms with van der Waals surface area (Å²) in [5.41, 5.74) is 22.1. The third-order valence-corrected chi connectivity index (χ3v) is 6.18. The number of hydrogen-bond acceptors (Lipinski definition) is 4. The van der Waals surface area contributed by atoms with Crippen LogP contribution in [0.5, 0.6) is 23.0 Å². The van der Waals surface area contributed by atoms with Crippen LogP contribution in [0.15, 0.2) is 60.7 Å². The van der Waals surface area contributed by atoms with Gasteiger partial charge in [0.05, 0.1) is 0 Å². The van der Waals surface area contributed by atoms with E-state index in [4.69, 9.17) is 20.9 Å². The molecule has 0 bridgehead atoms. The zero-order valence-corrected chi connectivity index (χ0v) is 20.7. The third kappa shape index (κ3) is 4.72. The second kappa shape index (κ2) is 9.14. The van der Waals surface area contributed by atoms with Gasteiger partial charge in [0.25, 0.3) is 0 Å². The molecule has 0 saturated carbocycles. The molecular weight excluding hydrogens is 420 g/mol. The molecule has 0 aromatic heterocycles. The van der Waals surface area contributed by atoms with E-state index in [0.29, 0.717) is 0 Å². The highest BCUT2D eigenvalue weighted by atomic mass is 16.5. The first-order chi connectivity index (χ1) is 16.1. The van der Waals surface area contributed by atoms with Crippen LogP contribution in [0, 0.1) is 41.5 Å². The van der Waals surface area contributed by atoms with Gasteiger partial charge in [-0.1, -0.05) is 0 Å². The molecule has 4 aromatic carbocycles. The Balaban J connectivity index is 1.64. The quantitative estimate of drug-likeness (QED) is 0.301. The molecule has 174 valence electrons. The predicted molar refractivity (Wildman–Crippen MR) is 142 cm³/mol. The predicted octanol–water partition coefficient (Wildman–Crippen LogP) is 7.95. The molecule has 0 unspecified atom stereocenters. The van der Waals surface area contributed by atoms with Gasteiger partial charge in [0.2, 0.25) is 0 Å². The van der Waals surface area contributed by atoms with Gasteiger partial charge in [-0.05, 0) is 147 Å². The Morgan fingerprint density at radius 3 is 1.06 bits per heavy atom. The Kier molecular flexibility index (Phi) is 6.25. The fourth-order valence-corrected chi connectivity index (χ4v) is 4.21. The normalized spacial score (nSPS) is 10.9. The van der Waals surface area contributed by atoms with Crippen molar-refractivity contribution >= 4 is 11.4 Å². The zero-order valence-electron chi connectivity index (χ0n) is 20.7. The molecule has 0 radical (unpaired) electrons. The van der Waals surface area contributed by atoms with E-state index in [2.05, 4.69) is 52.0 Å². The molecule has 4 aromatic rings. The minimum Gasteiger partial charge on any atom is -0.457 e. The maximum absolute atomic E-state index is 6.23. The summed E-state index contributed by atoms with van der Waals surface area (Å²) in [5, 5.41) is 0. The number of hydrogen-bond donors (Lipinski definition) is 2. The number of aryl methyl sites for hydroxylation is 6. The number of benzene rings is 4. The first kappa shape index (κ1) is 23.2. The molecular formula is C30H32N2O2. The average Bonchev–Trinajstić information content (AvgIpc) is 2.78. The fraction of sp³-hybridized carbons (Fsp3) is 0.200. The smallest absolute Gasteiger partial charge is 0.133 e. The van der Waals surface area contributed by atoms with Gasteiger partial charge in [0, 0.05) is 11.4 Å². The molecule has 4 heteroatoms. The lowest BCUT2D eigenvalue weighted by molar-refractivity contribution is 0.474. The lowest BCUT2D eigenvalue weighted by atomic mass is 9.96. The molecule has 4 rings (SSSR count). The Labute approximate surface area is 202 Å². The van der Waals surface area contributed by atoms with Crippen LogP contribution in [-0.2, 0) is 0 Å². The fourth-order valence-electron chi connectivity index (χ4n) is 4.21. The van der Waals surface area contributed by atoms with E-state index in [9.17, 15) is 0 Å². The van der Waals surface area contributed by atoms with Gasteiger partial charge < -0.3 is 20.9 Å². The molecule has 0 fully saturated rings. The number of ether oxygens (including phenoxy) is 2. The van der Waals surface area contributed by atoms with Gasteiger partial charge >= 0.3 is 0 Å². The van der Waals surface area contributed by atoms with Crippen molar-refractivity contribution < 1.29 is 9.47 Å². The molecule has 0 saturated heterocycles. The number of rotatable bonds is 5.